The van der Waals surface area contributed by atoms with Gasteiger partial charge in [-0.15, -0.1) is 0 Å². The SMILES string of the molecule is FC(F)(F)C(F)(F)C(F)(F)C(F)(F)C(F)(F)c1cccc(C(F)(F)C(F)(F)C(F)(F)C(F)(F)C(F)(F)F)c1. The number of hydrogen-bond acceptors (Lipinski definition) is 0. The minimum absolute atomic E-state index is 0.612. The van der Waals surface area contributed by atoms with Crippen LogP contribution in [-0.2, 0) is 11.8 Å². The third-order valence-corrected chi connectivity index (χ3v) is 4.67. The molecule has 1 aromatic rings. The Kier molecular flexibility index (Phi) is 7.62. The molecule has 1 rings (SSSR count). The van der Waals surface area contributed by atoms with Crippen molar-refractivity contribution in [2.75, 3.05) is 0 Å². The molecule has 0 nitrogen and oxygen atoms in total. The van der Waals surface area contributed by atoms with Crippen LogP contribution in [0, 0.1) is 0 Å². The number of hydrogen-bond donors (Lipinski definition) is 0. The second-order valence-electron chi connectivity index (χ2n) is 7.17. The predicted molar refractivity (Wildman–Crippen MR) is 76.0 cm³/mol. The van der Waals surface area contributed by atoms with E-state index < -0.39 is 95.1 Å². The molecule has 0 unspecified atom stereocenters. The van der Waals surface area contributed by atoms with E-state index in [9.17, 15) is 96.6 Å². The number of halogens is 22. The first kappa shape index (κ1) is 33.7. The van der Waals surface area contributed by atoms with Gasteiger partial charge in [0.25, 0.3) is 0 Å². The van der Waals surface area contributed by atoms with Gasteiger partial charge < -0.3 is 0 Å². The van der Waals surface area contributed by atoms with Crippen LogP contribution in [0.4, 0.5) is 96.6 Å². The van der Waals surface area contributed by atoms with Crippen LogP contribution in [0.25, 0.3) is 0 Å². The molecule has 0 atom stereocenters. The summed E-state index contributed by atoms with van der Waals surface area (Å²) in [5, 5.41) is 0. The van der Waals surface area contributed by atoms with Crippen molar-refractivity contribution >= 4 is 0 Å². The maximum absolute atomic E-state index is 14.0. The lowest BCUT2D eigenvalue weighted by atomic mass is 9.89. The highest BCUT2D eigenvalue weighted by molar-refractivity contribution is 5.34. The van der Waals surface area contributed by atoms with E-state index in [0.717, 1.165) is 0 Å². The van der Waals surface area contributed by atoms with E-state index in [0.29, 0.717) is 0 Å². The molecule has 0 fully saturated rings. The van der Waals surface area contributed by atoms with Gasteiger partial charge in [-0.25, -0.2) is 0 Å². The first-order valence-corrected chi connectivity index (χ1v) is 8.48. The second-order valence-corrected chi connectivity index (χ2v) is 7.17. The number of rotatable bonds is 8. The molecule has 0 radical (unpaired) electrons. The molecule has 22 heteroatoms. The molecule has 0 spiro atoms. The summed E-state index contributed by atoms with van der Waals surface area (Å²) in [5.41, 5.74) is -6.56. The Bertz CT molecular complexity index is 932. The Balaban J connectivity index is 3.79. The summed E-state index contributed by atoms with van der Waals surface area (Å²) in [6.45, 7) is 0. The zero-order valence-corrected chi connectivity index (χ0v) is 16.6. The van der Waals surface area contributed by atoms with E-state index in [4.69, 9.17) is 0 Å². The first-order chi connectivity index (χ1) is 16.2. The molecule has 222 valence electrons. The summed E-state index contributed by atoms with van der Waals surface area (Å²) in [6.07, 6.45) is -15.3. The van der Waals surface area contributed by atoms with Crippen molar-refractivity contribution < 1.29 is 96.6 Å². The summed E-state index contributed by atoms with van der Waals surface area (Å²) >= 11 is 0. The number of benzene rings is 1. The summed E-state index contributed by atoms with van der Waals surface area (Å²) < 4.78 is 288. The fraction of sp³-hybridized carbons (Fsp3) is 0.625. The fourth-order valence-corrected chi connectivity index (χ4v) is 2.42. The van der Waals surface area contributed by atoms with Crippen molar-refractivity contribution in [1.29, 1.82) is 0 Å². The summed E-state index contributed by atoms with van der Waals surface area (Å²) in [7, 11) is 0. The van der Waals surface area contributed by atoms with Crippen molar-refractivity contribution in [2.24, 2.45) is 0 Å². The Morgan fingerprint density at radius 2 is 0.553 bits per heavy atom. The van der Waals surface area contributed by atoms with Crippen LogP contribution < -0.4 is 0 Å². The smallest absolute Gasteiger partial charge is 0.194 e. The molecule has 0 aliphatic carbocycles. The molecule has 0 bridgehead atoms. The molecular formula is C16H4F22. The molecule has 0 saturated carbocycles. The Hall–Kier alpha value is -2.32. The zero-order valence-electron chi connectivity index (χ0n) is 16.6. The maximum atomic E-state index is 14.0. The van der Waals surface area contributed by atoms with Crippen LogP contribution in [-0.4, -0.2) is 47.9 Å². The van der Waals surface area contributed by atoms with Gasteiger partial charge in [-0.1, -0.05) is 18.2 Å². The van der Waals surface area contributed by atoms with Gasteiger partial charge in [0.15, 0.2) is 0 Å². The van der Waals surface area contributed by atoms with Crippen LogP contribution >= 0.6 is 0 Å². The lowest BCUT2D eigenvalue weighted by Crippen LogP contribution is -2.66. The average Bonchev–Trinajstić information content (AvgIpc) is 2.71. The monoisotopic (exact) mass is 614 g/mol. The Morgan fingerprint density at radius 3 is 0.763 bits per heavy atom. The first-order valence-electron chi connectivity index (χ1n) is 8.48. The lowest BCUT2D eigenvalue weighted by Gasteiger charge is -2.38. The maximum Gasteiger partial charge on any atom is 0.460 e. The van der Waals surface area contributed by atoms with Crippen molar-refractivity contribution in [3.63, 3.8) is 0 Å². The molecular weight excluding hydrogens is 610 g/mol. The topological polar surface area (TPSA) is 0 Å². The van der Waals surface area contributed by atoms with E-state index in [1.807, 2.05) is 0 Å². The van der Waals surface area contributed by atoms with E-state index >= 15 is 0 Å². The molecule has 0 saturated heterocycles. The van der Waals surface area contributed by atoms with Gasteiger partial charge in [0.2, 0.25) is 0 Å². The van der Waals surface area contributed by atoms with E-state index in [1.54, 1.807) is 0 Å². The third-order valence-electron chi connectivity index (χ3n) is 4.67. The molecule has 0 aliphatic heterocycles. The van der Waals surface area contributed by atoms with E-state index in [2.05, 4.69) is 0 Å². The number of alkyl halides is 22. The molecule has 0 aliphatic rings. The van der Waals surface area contributed by atoms with Crippen LogP contribution in [0.3, 0.4) is 0 Å². The van der Waals surface area contributed by atoms with Crippen molar-refractivity contribution in [2.45, 2.75) is 59.7 Å². The van der Waals surface area contributed by atoms with Gasteiger partial charge in [-0.2, -0.15) is 96.6 Å². The quantitative estimate of drug-likeness (QED) is 0.257. The van der Waals surface area contributed by atoms with Gasteiger partial charge in [0, 0.05) is 11.1 Å². The van der Waals surface area contributed by atoms with Crippen molar-refractivity contribution in [3.8, 4) is 0 Å². The standard InChI is InChI=1S/C16H4F22/c17-7(18,9(21,22)11(25,26)13(29,30)15(33,34)35)5-2-1-3-6(4-5)8(19,20)10(23,24)12(27,28)14(31,32)16(36,37)38/h1-4H. The molecule has 0 N–H and O–H groups in total. The normalized spacial score (nSPS) is 16.2. The molecule has 1 aromatic carbocycles. The van der Waals surface area contributed by atoms with Crippen LogP contribution in [0.15, 0.2) is 24.3 Å². The van der Waals surface area contributed by atoms with Crippen LogP contribution in [0.2, 0.25) is 0 Å². The highest BCUT2D eigenvalue weighted by Crippen LogP contribution is 2.62. The molecule has 0 aromatic heterocycles. The molecule has 0 amide bonds. The Morgan fingerprint density at radius 1 is 0.316 bits per heavy atom. The summed E-state index contributed by atoms with van der Waals surface area (Å²) in [6, 6.07) is -3.82. The molecule has 38 heavy (non-hydrogen) atoms. The van der Waals surface area contributed by atoms with E-state index in [-0.39, 0.29) is 0 Å². The van der Waals surface area contributed by atoms with Gasteiger partial charge in [-0.05, 0) is 6.07 Å². The van der Waals surface area contributed by atoms with Crippen LogP contribution in [0.5, 0.6) is 0 Å². The van der Waals surface area contributed by atoms with E-state index in [1.165, 1.54) is 0 Å². The minimum atomic E-state index is -8.13. The minimum Gasteiger partial charge on any atom is -0.194 e. The van der Waals surface area contributed by atoms with Gasteiger partial charge >= 0.3 is 59.7 Å². The average molecular weight is 614 g/mol. The van der Waals surface area contributed by atoms with Crippen molar-refractivity contribution in [3.05, 3.63) is 35.4 Å². The van der Waals surface area contributed by atoms with Gasteiger partial charge in [0.05, 0.1) is 0 Å². The van der Waals surface area contributed by atoms with Gasteiger partial charge in [0.1, 0.15) is 0 Å². The predicted octanol–water partition coefficient (Wildman–Crippen LogP) is 8.81. The second kappa shape index (κ2) is 8.59. The van der Waals surface area contributed by atoms with Crippen LogP contribution in [0.1, 0.15) is 11.1 Å². The van der Waals surface area contributed by atoms with Crippen molar-refractivity contribution in [1.82, 2.24) is 0 Å². The highest BCUT2D eigenvalue weighted by Gasteiger charge is 2.89. The molecule has 0 heterocycles. The Labute approximate surface area is 193 Å². The summed E-state index contributed by atoms with van der Waals surface area (Å²) in [4.78, 5) is 0. The third kappa shape index (κ3) is 4.28. The largest absolute Gasteiger partial charge is 0.460 e. The highest BCUT2D eigenvalue weighted by atomic mass is 19.4. The fourth-order valence-electron chi connectivity index (χ4n) is 2.42. The van der Waals surface area contributed by atoms with Gasteiger partial charge in [-0.3, -0.25) is 0 Å². The zero-order chi connectivity index (χ0) is 31.0. The summed E-state index contributed by atoms with van der Waals surface area (Å²) in [5.74, 6) is -62.5. The lowest BCUT2D eigenvalue weighted by molar-refractivity contribution is -0.425.